The Morgan fingerprint density at radius 3 is 2.57 bits per heavy atom. The molecule has 0 saturated carbocycles. The minimum atomic E-state index is 0.0396. The molecule has 0 aromatic carbocycles. The Bertz CT molecular complexity index is 499. The Labute approximate surface area is 138 Å². The van der Waals surface area contributed by atoms with Gasteiger partial charge in [0.2, 0.25) is 0 Å². The maximum atomic E-state index is 9.58. The molecule has 2 heterocycles. The first-order valence-electron chi connectivity index (χ1n) is 8.54. The second-order valence-electron chi connectivity index (χ2n) is 6.04. The second-order valence-corrected chi connectivity index (χ2v) is 6.04. The van der Waals surface area contributed by atoms with Crippen LogP contribution in [0.4, 0.5) is 0 Å². The lowest BCUT2D eigenvalue weighted by Crippen LogP contribution is -2.46. The van der Waals surface area contributed by atoms with Crippen molar-refractivity contribution >= 4 is 6.21 Å². The van der Waals surface area contributed by atoms with Crippen molar-refractivity contribution in [1.29, 1.82) is 0 Å². The van der Waals surface area contributed by atoms with Gasteiger partial charge in [-0.3, -0.25) is 0 Å². The van der Waals surface area contributed by atoms with Crippen LogP contribution in [-0.2, 0) is 6.42 Å². The Balaban J connectivity index is 1.63. The average molecular weight is 320 g/mol. The van der Waals surface area contributed by atoms with Gasteiger partial charge < -0.3 is 20.1 Å². The summed E-state index contributed by atoms with van der Waals surface area (Å²) >= 11 is 0. The first-order chi connectivity index (χ1) is 11.2. The molecule has 0 radical (unpaired) electrons. The second kappa shape index (κ2) is 9.47. The molecule has 0 atom stereocenters. The van der Waals surface area contributed by atoms with Crippen molar-refractivity contribution in [3.63, 3.8) is 0 Å². The molecule has 1 fully saturated rings. The van der Waals surface area contributed by atoms with Crippen LogP contribution in [0.1, 0.15) is 37.6 Å². The Hall–Kier alpha value is -1.66. The number of aromatic nitrogens is 1. The van der Waals surface area contributed by atoms with Gasteiger partial charge in [0.15, 0.2) is 0 Å². The van der Waals surface area contributed by atoms with Crippen LogP contribution in [0, 0.1) is 0 Å². The van der Waals surface area contributed by atoms with E-state index in [4.69, 9.17) is 5.21 Å². The molecular formula is C17H28N4O2. The predicted octanol–water partition coefficient (Wildman–Crippen LogP) is 1.95. The topological polar surface area (TPSA) is 72.2 Å². The predicted molar refractivity (Wildman–Crippen MR) is 91.4 cm³/mol. The minimum Gasteiger partial charge on any atom is -0.506 e. The lowest BCUT2D eigenvalue weighted by atomic mass is 10.1. The van der Waals surface area contributed by atoms with Gasteiger partial charge in [0.25, 0.3) is 0 Å². The van der Waals surface area contributed by atoms with Crippen molar-refractivity contribution in [3.8, 4) is 5.75 Å². The van der Waals surface area contributed by atoms with E-state index in [1.165, 1.54) is 45.6 Å². The van der Waals surface area contributed by atoms with Crippen molar-refractivity contribution < 1.29 is 10.3 Å². The number of hydrogen-bond acceptors (Lipinski definition) is 6. The molecule has 0 bridgehead atoms. The van der Waals surface area contributed by atoms with Gasteiger partial charge in [-0.2, -0.15) is 0 Å². The standard InChI is InChI=1S/C17H28N4O2/c1-2-20-10-12-21(13-11-20)9-5-3-4-6-15-7-8-17(22)16(19-15)14-18-23/h7-8,14,22-23H,2-6,9-13H2,1H3. The lowest BCUT2D eigenvalue weighted by Gasteiger charge is -2.33. The van der Waals surface area contributed by atoms with Crippen LogP contribution < -0.4 is 0 Å². The van der Waals surface area contributed by atoms with E-state index in [1.807, 2.05) is 6.07 Å². The first-order valence-corrected chi connectivity index (χ1v) is 8.54. The fourth-order valence-electron chi connectivity index (χ4n) is 2.95. The van der Waals surface area contributed by atoms with Gasteiger partial charge in [-0.1, -0.05) is 18.5 Å². The van der Waals surface area contributed by atoms with Crippen molar-refractivity contribution in [3.05, 3.63) is 23.5 Å². The van der Waals surface area contributed by atoms with E-state index in [9.17, 15) is 5.11 Å². The quantitative estimate of drug-likeness (QED) is 0.331. The van der Waals surface area contributed by atoms with Gasteiger partial charge in [-0.15, -0.1) is 0 Å². The maximum Gasteiger partial charge on any atom is 0.142 e. The van der Waals surface area contributed by atoms with E-state index in [2.05, 4.69) is 26.9 Å². The van der Waals surface area contributed by atoms with Gasteiger partial charge >= 0.3 is 0 Å². The van der Waals surface area contributed by atoms with Crippen molar-refractivity contribution in [2.75, 3.05) is 39.3 Å². The normalized spacial score (nSPS) is 17.1. The lowest BCUT2D eigenvalue weighted by molar-refractivity contribution is 0.135. The van der Waals surface area contributed by atoms with E-state index < -0.39 is 0 Å². The highest BCUT2D eigenvalue weighted by Gasteiger charge is 2.14. The zero-order valence-corrected chi connectivity index (χ0v) is 14.0. The molecule has 0 spiro atoms. The summed E-state index contributed by atoms with van der Waals surface area (Å²) in [6.07, 6.45) is 5.53. The van der Waals surface area contributed by atoms with Gasteiger partial charge in [0.05, 0.1) is 6.21 Å². The molecule has 0 aliphatic carbocycles. The third-order valence-corrected chi connectivity index (χ3v) is 4.46. The van der Waals surface area contributed by atoms with Crippen LogP contribution in [-0.4, -0.2) is 70.6 Å². The molecule has 2 rings (SSSR count). The smallest absolute Gasteiger partial charge is 0.142 e. The largest absolute Gasteiger partial charge is 0.506 e. The van der Waals surface area contributed by atoms with Crippen LogP contribution in [0.25, 0.3) is 0 Å². The number of nitrogens with zero attached hydrogens (tertiary/aromatic N) is 4. The van der Waals surface area contributed by atoms with Gasteiger partial charge in [-0.05, 0) is 44.5 Å². The molecule has 1 aliphatic heterocycles. The molecule has 6 heteroatoms. The molecule has 1 aromatic heterocycles. The molecule has 1 aliphatic rings. The fourth-order valence-corrected chi connectivity index (χ4v) is 2.95. The molecule has 0 unspecified atom stereocenters. The summed E-state index contributed by atoms with van der Waals surface area (Å²) < 4.78 is 0. The Morgan fingerprint density at radius 1 is 1.13 bits per heavy atom. The number of aryl methyl sites for hydroxylation is 1. The zero-order chi connectivity index (χ0) is 16.5. The third kappa shape index (κ3) is 5.80. The Kier molecular flexibility index (Phi) is 7.29. The van der Waals surface area contributed by atoms with Crippen molar-refractivity contribution in [1.82, 2.24) is 14.8 Å². The van der Waals surface area contributed by atoms with E-state index in [0.29, 0.717) is 5.69 Å². The highest BCUT2D eigenvalue weighted by Crippen LogP contribution is 2.14. The maximum absolute atomic E-state index is 9.58. The molecule has 23 heavy (non-hydrogen) atoms. The summed E-state index contributed by atoms with van der Waals surface area (Å²) in [5, 5.41) is 21.1. The molecule has 6 nitrogen and oxygen atoms in total. The van der Waals surface area contributed by atoms with Crippen LogP contribution in [0.2, 0.25) is 0 Å². The zero-order valence-electron chi connectivity index (χ0n) is 14.0. The number of pyridine rings is 1. The monoisotopic (exact) mass is 320 g/mol. The highest BCUT2D eigenvalue weighted by molar-refractivity contribution is 5.80. The fraction of sp³-hybridized carbons (Fsp3) is 0.647. The number of likely N-dealkylation sites (N-methyl/N-ethyl adjacent to an activating group) is 1. The summed E-state index contributed by atoms with van der Waals surface area (Å²) in [5.41, 5.74) is 1.24. The van der Waals surface area contributed by atoms with Gasteiger partial charge in [-0.25, -0.2) is 4.98 Å². The molecule has 0 amide bonds. The molecular weight excluding hydrogens is 292 g/mol. The third-order valence-electron chi connectivity index (χ3n) is 4.46. The molecule has 1 aromatic rings. The van der Waals surface area contributed by atoms with E-state index in [1.54, 1.807) is 6.07 Å². The van der Waals surface area contributed by atoms with Gasteiger partial charge in [0, 0.05) is 31.9 Å². The number of oxime groups is 1. The number of unbranched alkanes of at least 4 members (excludes halogenated alkanes) is 2. The number of hydrogen-bond donors (Lipinski definition) is 2. The number of piperazine rings is 1. The van der Waals surface area contributed by atoms with Crippen LogP contribution >= 0.6 is 0 Å². The number of aromatic hydroxyl groups is 1. The van der Waals surface area contributed by atoms with Crippen LogP contribution in [0.3, 0.4) is 0 Å². The van der Waals surface area contributed by atoms with Crippen LogP contribution in [0.5, 0.6) is 5.75 Å². The van der Waals surface area contributed by atoms with E-state index in [0.717, 1.165) is 31.3 Å². The molecule has 2 N–H and O–H groups in total. The highest BCUT2D eigenvalue weighted by atomic mass is 16.4. The van der Waals surface area contributed by atoms with Crippen LogP contribution in [0.15, 0.2) is 17.3 Å². The number of rotatable bonds is 8. The van der Waals surface area contributed by atoms with Crippen molar-refractivity contribution in [2.24, 2.45) is 5.16 Å². The average Bonchev–Trinajstić information content (AvgIpc) is 2.58. The van der Waals surface area contributed by atoms with E-state index in [-0.39, 0.29) is 5.75 Å². The van der Waals surface area contributed by atoms with Gasteiger partial charge in [0.1, 0.15) is 11.4 Å². The summed E-state index contributed by atoms with van der Waals surface area (Å²) in [6, 6.07) is 3.43. The summed E-state index contributed by atoms with van der Waals surface area (Å²) in [4.78, 5) is 9.35. The SMILES string of the molecule is CCN1CCN(CCCCCc2ccc(O)c(C=NO)n2)CC1. The summed E-state index contributed by atoms with van der Waals surface area (Å²) in [7, 11) is 0. The van der Waals surface area contributed by atoms with E-state index >= 15 is 0 Å². The summed E-state index contributed by atoms with van der Waals surface area (Å²) in [6.45, 7) is 9.35. The molecule has 1 saturated heterocycles. The molecule has 128 valence electrons. The Morgan fingerprint density at radius 2 is 1.87 bits per heavy atom. The summed E-state index contributed by atoms with van der Waals surface area (Å²) in [5.74, 6) is 0.0396. The minimum absolute atomic E-state index is 0.0396. The van der Waals surface area contributed by atoms with Crippen molar-refractivity contribution in [2.45, 2.75) is 32.6 Å². The first kappa shape index (κ1) is 17.7.